The van der Waals surface area contributed by atoms with Crippen LogP contribution >= 0.6 is 0 Å². The normalized spacial score (nSPS) is 22.5. The number of urea groups is 1. The number of carbonyl (C=O) groups is 1. The average Bonchev–Trinajstić information content (AvgIpc) is 3.48. The summed E-state index contributed by atoms with van der Waals surface area (Å²) in [5.41, 5.74) is 1.99. The number of rotatable bonds is 3. The Morgan fingerprint density at radius 1 is 1.00 bits per heavy atom. The lowest BCUT2D eigenvalue weighted by molar-refractivity contribution is 0.123. The largest absolute Gasteiger partial charge is 0.378 e. The number of hydrogen-bond acceptors (Lipinski definition) is 4. The van der Waals surface area contributed by atoms with Crippen molar-refractivity contribution in [2.45, 2.75) is 18.9 Å². The zero-order valence-electron chi connectivity index (χ0n) is 14.1. The lowest BCUT2D eigenvalue weighted by Crippen LogP contribution is -2.50. The van der Waals surface area contributed by atoms with Crippen LogP contribution in [0.5, 0.6) is 0 Å². The van der Waals surface area contributed by atoms with Crippen molar-refractivity contribution in [1.82, 2.24) is 9.80 Å². The van der Waals surface area contributed by atoms with Gasteiger partial charge in [-0.1, -0.05) is 12.1 Å². The first-order valence-electron chi connectivity index (χ1n) is 9.03. The summed E-state index contributed by atoms with van der Waals surface area (Å²) in [6, 6.07) is 8.87. The number of anilines is 2. The maximum absolute atomic E-state index is 12.6. The minimum atomic E-state index is 0.0196. The SMILES string of the molecule is O=C(Nc1ccccc1N1CCOCC1)N1CCN(C2CC2)CC1. The van der Waals surface area contributed by atoms with Gasteiger partial charge in [0.05, 0.1) is 24.6 Å². The highest BCUT2D eigenvalue weighted by atomic mass is 16.5. The van der Waals surface area contributed by atoms with Crippen LogP contribution in [-0.4, -0.2) is 74.4 Å². The second-order valence-electron chi connectivity index (χ2n) is 6.80. The Labute approximate surface area is 143 Å². The van der Waals surface area contributed by atoms with Gasteiger partial charge in [0.25, 0.3) is 0 Å². The quantitative estimate of drug-likeness (QED) is 0.919. The lowest BCUT2D eigenvalue weighted by atomic mass is 10.2. The first kappa shape index (κ1) is 15.7. The molecular weight excluding hydrogens is 304 g/mol. The molecule has 6 heteroatoms. The zero-order valence-corrected chi connectivity index (χ0v) is 14.1. The van der Waals surface area contributed by atoms with Gasteiger partial charge in [0, 0.05) is 45.3 Å². The van der Waals surface area contributed by atoms with Crippen LogP contribution in [-0.2, 0) is 4.74 Å². The molecule has 0 atom stereocenters. The molecule has 24 heavy (non-hydrogen) atoms. The van der Waals surface area contributed by atoms with Crippen molar-refractivity contribution in [2.75, 3.05) is 62.7 Å². The van der Waals surface area contributed by atoms with Gasteiger partial charge in [0.2, 0.25) is 0 Å². The molecule has 2 aliphatic heterocycles. The fourth-order valence-corrected chi connectivity index (χ4v) is 3.58. The first-order chi connectivity index (χ1) is 11.8. The Bertz CT molecular complexity index is 576. The van der Waals surface area contributed by atoms with Crippen LogP contribution < -0.4 is 10.2 Å². The number of para-hydroxylation sites is 2. The number of benzene rings is 1. The van der Waals surface area contributed by atoms with E-state index in [0.29, 0.717) is 0 Å². The third kappa shape index (κ3) is 3.49. The maximum atomic E-state index is 12.6. The van der Waals surface area contributed by atoms with Gasteiger partial charge < -0.3 is 19.9 Å². The van der Waals surface area contributed by atoms with Crippen molar-refractivity contribution in [3.8, 4) is 0 Å². The van der Waals surface area contributed by atoms with Crippen molar-refractivity contribution < 1.29 is 9.53 Å². The Morgan fingerprint density at radius 2 is 1.71 bits per heavy atom. The van der Waals surface area contributed by atoms with Gasteiger partial charge in [0.1, 0.15) is 0 Å². The zero-order chi connectivity index (χ0) is 16.4. The van der Waals surface area contributed by atoms with Crippen molar-refractivity contribution in [3.05, 3.63) is 24.3 Å². The second kappa shape index (κ2) is 6.99. The van der Waals surface area contributed by atoms with E-state index in [2.05, 4.69) is 21.2 Å². The molecule has 1 aromatic rings. The van der Waals surface area contributed by atoms with E-state index in [1.807, 2.05) is 23.1 Å². The van der Waals surface area contributed by atoms with E-state index >= 15 is 0 Å². The highest BCUT2D eigenvalue weighted by Gasteiger charge is 2.32. The average molecular weight is 330 g/mol. The van der Waals surface area contributed by atoms with Gasteiger partial charge in [-0.25, -0.2) is 4.79 Å². The van der Waals surface area contributed by atoms with E-state index < -0.39 is 0 Å². The van der Waals surface area contributed by atoms with Gasteiger partial charge >= 0.3 is 6.03 Å². The van der Waals surface area contributed by atoms with Gasteiger partial charge in [-0.05, 0) is 25.0 Å². The minimum Gasteiger partial charge on any atom is -0.378 e. The van der Waals surface area contributed by atoms with Crippen LogP contribution in [0.15, 0.2) is 24.3 Å². The van der Waals surface area contributed by atoms with Crippen molar-refractivity contribution in [1.29, 1.82) is 0 Å². The Morgan fingerprint density at radius 3 is 2.42 bits per heavy atom. The van der Waals surface area contributed by atoms with Crippen molar-refractivity contribution in [3.63, 3.8) is 0 Å². The Balaban J connectivity index is 1.38. The molecule has 1 N–H and O–H groups in total. The maximum Gasteiger partial charge on any atom is 0.321 e. The van der Waals surface area contributed by atoms with E-state index in [4.69, 9.17) is 4.74 Å². The van der Waals surface area contributed by atoms with Gasteiger partial charge in [-0.15, -0.1) is 0 Å². The lowest BCUT2D eigenvalue weighted by Gasteiger charge is -2.35. The number of ether oxygens (including phenoxy) is 1. The molecule has 130 valence electrons. The van der Waals surface area contributed by atoms with Crippen LogP contribution in [0.25, 0.3) is 0 Å². The standard InChI is InChI=1S/C18H26N4O2/c23-18(22-9-7-20(8-10-22)15-5-6-15)19-16-3-1-2-4-17(16)21-11-13-24-14-12-21/h1-4,15H,5-14H2,(H,19,23). The predicted molar refractivity (Wildman–Crippen MR) is 94.7 cm³/mol. The van der Waals surface area contributed by atoms with Gasteiger partial charge in [-0.2, -0.15) is 0 Å². The highest BCUT2D eigenvalue weighted by Crippen LogP contribution is 2.28. The molecule has 1 aromatic carbocycles. The molecule has 1 aliphatic carbocycles. The topological polar surface area (TPSA) is 48.1 Å². The third-order valence-electron chi connectivity index (χ3n) is 5.16. The third-order valence-corrected chi connectivity index (χ3v) is 5.16. The van der Waals surface area contributed by atoms with Crippen LogP contribution in [0.3, 0.4) is 0 Å². The summed E-state index contributed by atoms with van der Waals surface area (Å²) in [5, 5.41) is 3.12. The van der Waals surface area contributed by atoms with Crippen molar-refractivity contribution in [2.24, 2.45) is 0 Å². The monoisotopic (exact) mass is 330 g/mol. The fraction of sp³-hybridized carbons (Fsp3) is 0.611. The van der Waals surface area contributed by atoms with Gasteiger partial charge in [0.15, 0.2) is 0 Å². The minimum absolute atomic E-state index is 0.0196. The summed E-state index contributed by atoms with van der Waals surface area (Å²) in [5.74, 6) is 0. The van der Waals surface area contributed by atoms with E-state index in [1.54, 1.807) is 0 Å². The second-order valence-corrected chi connectivity index (χ2v) is 6.80. The molecule has 4 rings (SSSR count). The van der Waals surface area contributed by atoms with E-state index in [1.165, 1.54) is 12.8 Å². The predicted octanol–water partition coefficient (Wildman–Crippen LogP) is 1.84. The number of hydrogen-bond donors (Lipinski definition) is 1. The number of carbonyl (C=O) groups excluding carboxylic acids is 1. The summed E-state index contributed by atoms with van der Waals surface area (Å²) in [7, 11) is 0. The van der Waals surface area contributed by atoms with Crippen LogP contribution in [0, 0.1) is 0 Å². The summed E-state index contributed by atoms with van der Waals surface area (Å²) in [6.07, 6.45) is 2.66. The number of amides is 2. The number of nitrogens with one attached hydrogen (secondary N) is 1. The summed E-state index contributed by atoms with van der Waals surface area (Å²) < 4.78 is 5.43. The molecule has 3 aliphatic rings. The van der Waals surface area contributed by atoms with Crippen LogP contribution in [0.1, 0.15) is 12.8 Å². The molecule has 2 heterocycles. The number of morpholine rings is 1. The fourth-order valence-electron chi connectivity index (χ4n) is 3.58. The summed E-state index contributed by atoms with van der Waals surface area (Å²) in [4.78, 5) is 19.4. The molecular formula is C18H26N4O2. The molecule has 2 saturated heterocycles. The highest BCUT2D eigenvalue weighted by molar-refractivity contribution is 5.93. The molecule has 0 bridgehead atoms. The van der Waals surface area contributed by atoms with Crippen molar-refractivity contribution >= 4 is 17.4 Å². The molecule has 0 radical (unpaired) electrons. The first-order valence-corrected chi connectivity index (χ1v) is 9.03. The smallest absolute Gasteiger partial charge is 0.321 e. The molecule has 3 fully saturated rings. The van der Waals surface area contributed by atoms with E-state index in [9.17, 15) is 4.79 Å². The van der Waals surface area contributed by atoms with Crippen LogP contribution in [0.2, 0.25) is 0 Å². The molecule has 0 aromatic heterocycles. The van der Waals surface area contributed by atoms with Gasteiger partial charge in [-0.3, -0.25) is 4.90 Å². The molecule has 1 saturated carbocycles. The summed E-state index contributed by atoms with van der Waals surface area (Å²) >= 11 is 0. The molecule has 0 unspecified atom stereocenters. The van der Waals surface area contributed by atoms with E-state index in [-0.39, 0.29) is 6.03 Å². The Kier molecular flexibility index (Phi) is 4.58. The van der Waals surface area contributed by atoms with Crippen LogP contribution in [0.4, 0.5) is 16.2 Å². The molecule has 2 amide bonds. The summed E-state index contributed by atoms with van der Waals surface area (Å²) in [6.45, 7) is 6.87. The van der Waals surface area contributed by atoms with E-state index in [0.717, 1.165) is 69.9 Å². The number of piperazine rings is 1. The number of nitrogens with zero attached hydrogens (tertiary/aromatic N) is 3. The molecule has 6 nitrogen and oxygen atoms in total. The molecule has 0 spiro atoms. The Hall–Kier alpha value is -1.79.